The Morgan fingerprint density at radius 1 is 1.29 bits per heavy atom. The highest BCUT2D eigenvalue weighted by molar-refractivity contribution is 6.30. The van der Waals surface area contributed by atoms with Crippen molar-refractivity contribution in [1.82, 2.24) is 0 Å². The highest BCUT2D eigenvalue weighted by Crippen LogP contribution is 2.27. The average Bonchev–Trinajstić information content (AvgIpc) is 2.48. The van der Waals surface area contributed by atoms with Gasteiger partial charge in [-0.25, -0.2) is 4.39 Å². The topological polar surface area (TPSA) is 20.2 Å². The zero-order valence-electron chi connectivity index (χ0n) is 9.83. The zero-order valence-corrected chi connectivity index (χ0v) is 10.6. The Labute approximate surface area is 107 Å². The predicted octanol–water partition coefficient (Wildman–Crippen LogP) is 3.96. The summed E-state index contributed by atoms with van der Waals surface area (Å²) in [5, 5.41) is 9.92. The van der Waals surface area contributed by atoms with Gasteiger partial charge in [0.25, 0.3) is 0 Å². The molecule has 0 heterocycles. The van der Waals surface area contributed by atoms with Gasteiger partial charge in [-0.3, -0.25) is 0 Å². The summed E-state index contributed by atoms with van der Waals surface area (Å²) in [5.74, 6) is 0.117. The fourth-order valence-corrected chi connectivity index (χ4v) is 2.74. The van der Waals surface area contributed by atoms with Crippen molar-refractivity contribution in [3.63, 3.8) is 0 Å². The molecule has 17 heavy (non-hydrogen) atoms. The molecule has 0 aromatic heterocycles. The molecule has 1 aromatic carbocycles. The number of aliphatic hydroxyl groups is 1. The number of aliphatic hydroxyl groups excluding tert-OH is 1. The maximum atomic E-state index is 13.3. The third-order valence-electron chi connectivity index (χ3n) is 3.51. The van der Waals surface area contributed by atoms with E-state index in [2.05, 4.69) is 0 Å². The van der Waals surface area contributed by atoms with Crippen LogP contribution >= 0.6 is 11.6 Å². The molecule has 2 unspecified atom stereocenters. The first-order valence-corrected chi connectivity index (χ1v) is 6.65. The number of halogens is 2. The van der Waals surface area contributed by atoms with E-state index in [0.717, 1.165) is 44.1 Å². The second kappa shape index (κ2) is 5.83. The fourth-order valence-electron chi connectivity index (χ4n) is 2.62. The molecule has 1 fully saturated rings. The maximum Gasteiger partial charge on any atom is 0.142 e. The van der Waals surface area contributed by atoms with E-state index in [0.29, 0.717) is 5.92 Å². The van der Waals surface area contributed by atoms with E-state index in [1.54, 1.807) is 6.07 Å². The van der Waals surface area contributed by atoms with Crippen molar-refractivity contribution in [2.24, 2.45) is 5.92 Å². The lowest BCUT2D eigenvalue weighted by atomic mass is 9.92. The van der Waals surface area contributed by atoms with E-state index < -0.39 is 0 Å². The molecule has 2 atom stereocenters. The lowest BCUT2D eigenvalue weighted by Gasteiger charge is -2.16. The van der Waals surface area contributed by atoms with Gasteiger partial charge in [0.1, 0.15) is 5.82 Å². The molecule has 0 radical (unpaired) electrons. The molecule has 0 aliphatic heterocycles. The van der Waals surface area contributed by atoms with Gasteiger partial charge in [-0.2, -0.15) is 0 Å². The van der Waals surface area contributed by atoms with Gasteiger partial charge in [0.2, 0.25) is 0 Å². The molecule has 1 nitrogen and oxygen atoms in total. The van der Waals surface area contributed by atoms with Crippen LogP contribution in [0.1, 0.15) is 37.7 Å². The first-order chi connectivity index (χ1) is 8.15. The van der Waals surface area contributed by atoms with Crippen molar-refractivity contribution in [2.75, 3.05) is 0 Å². The van der Waals surface area contributed by atoms with Crippen LogP contribution in [0.3, 0.4) is 0 Å². The van der Waals surface area contributed by atoms with Crippen molar-refractivity contribution in [3.05, 3.63) is 34.6 Å². The summed E-state index contributed by atoms with van der Waals surface area (Å²) in [6.07, 6.45) is 5.80. The van der Waals surface area contributed by atoms with Crippen molar-refractivity contribution < 1.29 is 9.50 Å². The van der Waals surface area contributed by atoms with E-state index in [-0.39, 0.29) is 16.9 Å². The Bertz CT molecular complexity index is 380. The lowest BCUT2D eigenvalue weighted by molar-refractivity contribution is 0.141. The molecule has 0 bridgehead atoms. The summed E-state index contributed by atoms with van der Waals surface area (Å²) in [6.45, 7) is 0. The lowest BCUT2D eigenvalue weighted by Crippen LogP contribution is -2.12. The van der Waals surface area contributed by atoms with Gasteiger partial charge in [0, 0.05) is 0 Å². The molecule has 1 aromatic rings. The average molecular weight is 257 g/mol. The normalized spacial score (nSPS) is 25.6. The van der Waals surface area contributed by atoms with Gasteiger partial charge in [-0.1, -0.05) is 36.9 Å². The fraction of sp³-hybridized carbons (Fsp3) is 0.571. The van der Waals surface area contributed by atoms with Crippen LogP contribution in [0.2, 0.25) is 5.02 Å². The standard InChI is InChI=1S/C14H18ClFO/c15-13-6-5-11(9-14(13)16)7-10-3-1-2-4-12(17)8-10/h5-6,9-10,12,17H,1-4,7-8H2. The summed E-state index contributed by atoms with van der Waals surface area (Å²) in [7, 11) is 0. The van der Waals surface area contributed by atoms with E-state index >= 15 is 0 Å². The summed E-state index contributed by atoms with van der Waals surface area (Å²) in [4.78, 5) is 0. The monoisotopic (exact) mass is 256 g/mol. The van der Waals surface area contributed by atoms with Crippen molar-refractivity contribution in [1.29, 1.82) is 0 Å². The molecule has 1 aliphatic rings. The summed E-state index contributed by atoms with van der Waals surface area (Å²) in [5.41, 5.74) is 0.978. The van der Waals surface area contributed by atoms with Gasteiger partial charge in [-0.05, 0) is 42.9 Å². The molecule has 0 amide bonds. The van der Waals surface area contributed by atoms with Crippen molar-refractivity contribution in [3.8, 4) is 0 Å². The Balaban J connectivity index is 2.01. The minimum absolute atomic E-state index is 0.176. The van der Waals surface area contributed by atoms with Gasteiger partial charge < -0.3 is 5.11 Å². The van der Waals surface area contributed by atoms with Crippen LogP contribution in [0.25, 0.3) is 0 Å². The molecular formula is C14H18ClFO. The number of hydrogen-bond acceptors (Lipinski definition) is 1. The van der Waals surface area contributed by atoms with Gasteiger partial charge in [0.05, 0.1) is 11.1 Å². The minimum Gasteiger partial charge on any atom is -0.393 e. The molecule has 1 aliphatic carbocycles. The van der Waals surface area contributed by atoms with Crippen molar-refractivity contribution >= 4 is 11.6 Å². The van der Waals surface area contributed by atoms with Crippen LogP contribution in [-0.2, 0) is 6.42 Å². The third-order valence-corrected chi connectivity index (χ3v) is 3.82. The first-order valence-electron chi connectivity index (χ1n) is 6.27. The molecule has 3 heteroatoms. The van der Waals surface area contributed by atoms with Gasteiger partial charge >= 0.3 is 0 Å². The number of rotatable bonds is 2. The van der Waals surface area contributed by atoms with Crippen LogP contribution in [0.5, 0.6) is 0 Å². The number of hydrogen-bond donors (Lipinski definition) is 1. The summed E-state index contributed by atoms with van der Waals surface area (Å²) >= 11 is 5.66. The quantitative estimate of drug-likeness (QED) is 0.794. The smallest absolute Gasteiger partial charge is 0.142 e. The Morgan fingerprint density at radius 3 is 2.82 bits per heavy atom. The molecule has 94 valence electrons. The third kappa shape index (κ3) is 3.68. The van der Waals surface area contributed by atoms with E-state index in [1.165, 1.54) is 6.07 Å². The summed E-state index contributed by atoms with van der Waals surface area (Å²) < 4.78 is 13.3. The van der Waals surface area contributed by atoms with Gasteiger partial charge in [-0.15, -0.1) is 0 Å². The van der Waals surface area contributed by atoms with Crippen LogP contribution < -0.4 is 0 Å². The molecule has 1 N–H and O–H groups in total. The SMILES string of the molecule is OC1CCCCC(Cc2ccc(Cl)c(F)c2)C1. The predicted molar refractivity (Wildman–Crippen MR) is 67.7 cm³/mol. The van der Waals surface area contributed by atoms with E-state index in [1.807, 2.05) is 6.07 Å². The summed E-state index contributed by atoms with van der Waals surface area (Å²) in [6, 6.07) is 5.00. The van der Waals surface area contributed by atoms with Crippen LogP contribution in [0.15, 0.2) is 18.2 Å². The van der Waals surface area contributed by atoms with E-state index in [4.69, 9.17) is 11.6 Å². The van der Waals surface area contributed by atoms with E-state index in [9.17, 15) is 9.50 Å². The highest BCUT2D eigenvalue weighted by Gasteiger charge is 2.19. The zero-order chi connectivity index (χ0) is 12.3. The van der Waals surface area contributed by atoms with Crippen LogP contribution in [-0.4, -0.2) is 11.2 Å². The molecule has 0 spiro atoms. The Hall–Kier alpha value is -0.600. The van der Waals surface area contributed by atoms with Crippen LogP contribution in [0, 0.1) is 11.7 Å². The first kappa shape index (κ1) is 12.8. The Morgan fingerprint density at radius 2 is 2.06 bits per heavy atom. The molecule has 1 saturated carbocycles. The second-order valence-electron chi connectivity index (χ2n) is 4.99. The largest absolute Gasteiger partial charge is 0.393 e. The second-order valence-corrected chi connectivity index (χ2v) is 5.40. The highest BCUT2D eigenvalue weighted by atomic mass is 35.5. The molecule has 0 saturated heterocycles. The van der Waals surface area contributed by atoms with Gasteiger partial charge in [0.15, 0.2) is 0 Å². The minimum atomic E-state index is -0.349. The Kier molecular flexibility index (Phi) is 4.41. The maximum absolute atomic E-state index is 13.3. The molecule has 2 rings (SSSR count). The number of benzene rings is 1. The van der Waals surface area contributed by atoms with Crippen LogP contribution in [0.4, 0.5) is 4.39 Å². The molecular weight excluding hydrogens is 239 g/mol. The van der Waals surface area contributed by atoms with Crippen molar-refractivity contribution in [2.45, 2.75) is 44.6 Å².